The molecule has 0 saturated carbocycles. The fourth-order valence-electron chi connectivity index (χ4n) is 3.29. The van der Waals surface area contributed by atoms with E-state index < -0.39 is 4.92 Å². The zero-order chi connectivity index (χ0) is 20.4. The van der Waals surface area contributed by atoms with Crippen molar-refractivity contribution in [3.8, 4) is 0 Å². The molecule has 1 amide bonds. The number of nitrogens with one attached hydrogen (secondary N) is 1. The first-order chi connectivity index (χ1) is 14.0. The van der Waals surface area contributed by atoms with E-state index in [0.717, 1.165) is 5.82 Å². The molecule has 1 saturated heterocycles. The molecular weight excluding hydrogens is 378 g/mol. The minimum absolute atomic E-state index is 0.0587. The summed E-state index contributed by atoms with van der Waals surface area (Å²) in [5.41, 5.74) is 1.69. The van der Waals surface area contributed by atoms with E-state index >= 15 is 0 Å². The number of carbonyl (C=O) groups excluding carboxylic acids is 1. The van der Waals surface area contributed by atoms with Gasteiger partial charge in [-0.15, -0.1) is 5.10 Å². The topological polar surface area (TPSA) is 135 Å². The number of amides is 1. The average Bonchev–Trinajstić information content (AvgIpc) is 3.10. The highest BCUT2D eigenvalue weighted by atomic mass is 16.6. The largest absolute Gasteiger partial charge is 0.352 e. The van der Waals surface area contributed by atoms with Crippen molar-refractivity contribution >= 4 is 34.3 Å². The van der Waals surface area contributed by atoms with Gasteiger partial charge in [-0.2, -0.15) is 0 Å². The van der Waals surface area contributed by atoms with Crippen molar-refractivity contribution in [2.45, 2.75) is 0 Å². The molecule has 29 heavy (non-hydrogen) atoms. The van der Waals surface area contributed by atoms with E-state index in [0.29, 0.717) is 43.0 Å². The number of hydrogen-bond acceptors (Lipinski definition) is 9. The molecule has 1 aliphatic heterocycles. The van der Waals surface area contributed by atoms with E-state index in [1.54, 1.807) is 23.9 Å². The molecule has 1 fully saturated rings. The molecule has 0 bridgehead atoms. The Morgan fingerprint density at radius 1 is 1.24 bits per heavy atom. The lowest BCUT2D eigenvalue weighted by Crippen LogP contribution is -2.49. The van der Waals surface area contributed by atoms with Crippen LogP contribution in [0.15, 0.2) is 30.6 Å². The summed E-state index contributed by atoms with van der Waals surface area (Å²) >= 11 is 0. The van der Waals surface area contributed by atoms with Crippen molar-refractivity contribution in [2.24, 2.45) is 7.05 Å². The summed E-state index contributed by atoms with van der Waals surface area (Å²) in [6, 6.07) is 5.90. The van der Waals surface area contributed by atoms with E-state index in [1.165, 1.54) is 18.5 Å². The highest BCUT2D eigenvalue weighted by Gasteiger charge is 2.23. The van der Waals surface area contributed by atoms with Gasteiger partial charge in [0.15, 0.2) is 17.0 Å². The monoisotopic (exact) mass is 397 g/mol. The zero-order valence-corrected chi connectivity index (χ0v) is 15.7. The van der Waals surface area contributed by atoms with Crippen LogP contribution >= 0.6 is 0 Å². The molecule has 0 radical (unpaired) electrons. The number of aryl methyl sites for hydroxylation is 1. The lowest BCUT2D eigenvalue weighted by Gasteiger charge is -2.34. The Morgan fingerprint density at radius 2 is 2.03 bits per heavy atom. The van der Waals surface area contributed by atoms with Gasteiger partial charge in [-0.25, -0.2) is 14.6 Å². The van der Waals surface area contributed by atoms with Crippen LogP contribution in [0.3, 0.4) is 0 Å². The van der Waals surface area contributed by atoms with Gasteiger partial charge in [-0.3, -0.25) is 19.8 Å². The Balaban J connectivity index is 1.34. The van der Waals surface area contributed by atoms with Crippen molar-refractivity contribution in [1.82, 2.24) is 29.9 Å². The number of aromatic nitrogens is 5. The first-order valence-corrected chi connectivity index (χ1v) is 9.03. The van der Waals surface area contributed by atoms with E-state index in [9.17, 15) is 14.9 Å². The normalized spacial score (nSPS) is 14.9. The summed E-state index contributed by atoms with van der Waals surface area (Å²) < 4.78 is 1.61. The number of anilines is 2. The third-order valence-electron chi connectivity index (χ3n) is 4.75. The molecule has 0 atom stereocenters. The maximum atomic E-state index is 12.3. The molecule has 0 spiro atoms. The van der Waals surface area contributed by atoms with Gasteiger partial charge >= 0.3 is 0 Å². The van der Waals surface area contributed by atoms with Gasteiger partial charge in [-0.1, -0.05) is 11.3 Å². The number of non-ortho nitro benzene ring substituents is 1. The molecule has 3 aromatic rings. The number of piperazine rings is 1. The van der Waals surface area contributed by atoms with Gasteiger partial charge in [0.1, 0.15) is 6.33 Å². The van der Waals surface area contributed by atoms with Crippen molar-refractivity contribution < 1.29 is 9.72 Å². The molecule has 1 N–H and O–H groups in total. The number of nitrogens with zero attached hydrogens (tertiary/aromatic N) is 8. The van der Waals surface area contributed by atoms with Crippen LogP contribution in [0.2, 0.25) is 0 Å². The molecule has 2 aromatic heterocycles. The highest BCUT2D eigenvalue weighted by molar-refractivity contribution is 5.92. The highest BCUT2D eigenvalue weighted by Crippen LogP contribution is 2.21. The first kappa shape index (κ1) is 18.7. The fourth-order valence-corrected chi connectivity index (χ4v) is 3.29. The van der Waals surface area contributed by atoms with E-state index in [2.05, 4.69) is 30.5 Å². The summed E-state index contributed by atoms with van der Waals surface area (Å²) in [5.74, 6) is 0.529. The van der Waals surface area contributed by atoms with Gasteiger partial charge in [-0.05, 0) is 6.07 Å². The van der Waals surface area contributed by atoms with E-state index in [1.807, 2.05) is 4.90 Å². The number of rotatable bonds is 5. The Kier molecular flexibility index (Phi) is 4.99. The standard InChI is InChI=1S/C17H19N9O3/c1-23-16-15(21-22-23)17(19-11-18-16)25-7-5-24(6-8-25)10-14(27)20-12-3-2-4-13(9-12)26(28)29/h2-4,9,11H,5-8,10H2,1H3,(H,20,27). The molecule has 1 aromatic carbocycles. The number of nitro benzene ring substituents is 1. The maximum absolute atomic E-state index is 12.3. The fraction of sp³-hybridized carbons (Fsp3) is 0.353. The number of benzene rings is 1. The van der Waals surface area contributed by atoms with Gasteiger partial charge in [0, 0.05) is 51.0 Å². The third-order valence-corrected chi connectivity index (χ3v) is 4.75. The van der Waals surface area contributed by atoms with Gasteiger partial charge < -0.3 is 10.2 Å². The Morgan fingerprint density at radius 3 is 2.79 bits per heavy atom. The van der Waals surface area contributed by atoms with Crippen LogP contribution in [0.1, 0.15) is 0 Å². The van der Waals surface area contributed by atoms with Crippen LogP contribution in [-0.2, 0) is 11.8 Å². The number of hydrogen-bond donors (Lipinski definition) is 1. The predicted molar refractivity (Wildman–Crippen MR) is 104 cm³/mol. The summed E-state index contributed by atoms with van der Waals surface area (Å²) in [7, 11) is 1.78. The lowest BCUT2D eigenvalue weighted by molar-refractivity contribution is -0.384. The summed E-state index contributed by atoms with van der Waals surface area (Å²) in [5, 5.41) is 21.7. The van der Waals surface area contributed by atoms with Crippen LogP contribution < -0.4 is 10.2 Å². The molecule has 12 heteroatoms. The van der Waals surface area contributed by atoms with Crippen LogP contribution in [0.5, 0.6) is 0 Å². The Bertz CT molecular complexity index is 1060. The molecule has 150 valence electrons. The van der Waals surface area contributed by atoms with Crippen LogP contribution in [0.4, 0.5) is 17.2 Å². The van der Waals surface area contributed by atoms with Gasteiger partial charge in [0.25, 0.3) is 5.69 Å². The second-order valence-electron chi connectivity index (χ2n) is 6.70. The minimum Gasteiger partial charge on any atom is -0.352 e. The van der Waals surface area contributed by atoms with Crippen molar-refractivity contribution in [3.63, 3.8) is 0 Å². The molecular formula is C17H19N9O3. The number of fused-ring (bicyclic) bond motifs is 1. The minimum atomic E-state index is -0.490. The number of carbonyl (C=O) groups is 1. The lowest BCUT2D eigenvalue weighted by atomic mass is 10.2. The Hall–Kier alpha value is -3.67. The summed E-state index contributed by atoms with van der Waals surface area (Å²) in [6.07, 6.45) is 1.50. The third kappa shape index (κ3) is 3.96. The SMILES string of the molecule is Cn1nnc2c(N3CCN(CC(=O)Nc4cccc([N+](=O)[O-])c4)CC3)ncnc21. The molecule has 0 unspecified atom stereocenters. The first-order valence-electron chi connectivity index (χ1n) is 9.03. The van der Waals surface area contributed by atoms with E-state index in [4.69, 9.17) is 0 Å². The summed E-state index contributed by atoms with van der Waals surface area (Å²) in [6.45, 7) is 2.93. The van der Waals surface area contributed by atoms with Gasteiger partial charge in [0.2, 0.25) is 5.91 Å². The zero-order valence-electron chi connectivity index (χ0n) is 15.7. The van der Waals surface area contributed by atoms with Crippen molar-refractivity contribution in [2.75, 3.05) is 42.9 Å². The van der Waals surface area contributed by atoms with Crippen LogP contribution in [0, 0.1) is 10.1 Å². The quantitative estimate of drug-likeness (QED) is 0.480. The molecule has 12 nitrogen and oxygen atoms in total. The molecule has 0 aliphatic carbocycles. The van der Waals surface area contributed by atoms with Crippen LogP contribution in [-0.4, -0.2) is 73.4 Å². The summed E-state index contributed by atoms with van der Waals surface area (Å²) in [4.78, 5) is 35.4. The smallest absolute Gasteiger partial charge is 0.271 e. The van der Waals surface area contributed by atoms with Gasteiger partial charge in [0.05, 0.1) is 11.5 Å². The van der Waals surface area contributed by atoms with E-state index in [-0.39, 0.29) is 18.1 Å². The van der Waals surface area contributed by atoms with Crippen molar-refractivity contribution in [3.05, 3.63) is 40.7 Å². The van der Waals surface area contributed by atoms with Crippen molar-refractivity contribution in [1.29, 1.82) is 0 Å². The maximum Gasteiger partial charge on any atom is 0.271 e. The second kappa shape index (κ2) is 7.75. The van der Waals surface area contributed by atoms with Crippen LogP contribution in [0.25, 0.3) is 11.2 Å². The average molecular weight is 397 g/mol. The molecule has 3 heterocycles. The Labute approximate surface area is 165 Å². The molecule has 4 rings (SSSR count). The molecule has 1 aliphatic rings. The number of nitro groups is 1. The predicted octanol–water partition coefficient (Wildman–Crippen LogP) is 0.427. The second-order valence-corrected chi connectivity index (χ2v) is 6.70.